The predicted molar refractivity (Wildman–Crippen MR) is 119 cm³/mol. The molecule has 0 bridgehead atoms. The summed E-state index contributed by atoms with van der Waals surface area (Å²) in [5.41, 5.74) is 1.25. The van der Waals surface area contributed by atoms with Gasteiger partial charge in [-0.05, 0) is 24.3 Å². The van der Waals surface area contributed by atoms with Crippen molar-refractivity contribution in [2.45, 2.75) is 6.04 Å². The third-order valence-electron chi connectivity index (χ3n) is 5.81. The maximum atomic E-state index is 13.2. The lowest BCUT2D eigenvalue weighted by molar-refractivity contribution is -0.131. The van der Waals surface area contributed by atoms with E-state index < -0.39 is 30.3 Å². The van der Waals surface area contributed by atoms with Gasteiger partial charge < -0.3 is 24.6 Å². The molecule has 170 valence electrons. The number of aromatic amines is 1. The Balaban J connectivity index is 1.57. The minimum atomic E-state index is -0.807. The van der Waals surface area contributed by atoms with Crippen LogP contribution >= 0.6 is 0 Å². The van der Waals surface area contributed by atoms with Crippen molar-refractivity contribution in [3.05, 3.63) is 71.4 Å². The molecular formula is C24H23N3O6. The summed E-state index contributed by atoms with van der Waals surface area (Å²) in [6.07, 6.45) is 1.39. The normalized spacial score (nSPS) is 16.0. The van der Waals surface area contributed by atoms with Crippen molar-refractivity contribution in [2.24, 2.45) is 0 Å². The highest BCUT2D eigenvalue weighted by molar-refractivity contribution is 6.45. The highest BCUT2D eigenvalue weighted by Gasteiger charge is 2.36. The summed E-state index contributed by atoms with van der Waals surface area (Å²) in [6.45, 7) is 0.0224. The van der Waals surface area contributed by atoms with E-state index in [1.54, 1.807) is 41.3 Å². The minimum Gasteiger partial charge on any atom is -0.465 e. The lowest BCUT2D eigenvalue weighted by atomic mass is 10.0. The predicted octanol–water partition coefficient (Wildman–Crippen LogP) is 1.48. The van der Waals surface area contributed by atoms with Gasteiger partial charge in [0, 0.05) is 42.3 Å². The second-order valence-electron chi connectivity index (χ2n) is 7.70. The summed E-state index contributed by atoms with van der Waals surface area (Å²) in [7, 11) is 1.24. The van der Waals surface area contributed by atoms with Gasteiger partial charge in [0.2, 0.25) is 0 Å². The van der Waals surface area contributed by atoms with Gasteiger partial charge in [0.1, 0.15) is 0 Å². The van der Waals surface area contributed by atoms with E-state index in [0.717, 1.165) is 0 Å². The first-order valence-corrected chi connectivity index (χ1v) is 10.4. The Morgan fingerprint density at radius 1 is 1.03 bits per heavy atom. The molecule has 2 heterocycles. The van der Waals surface area contributed by atoms with Crippen molar-refractivity contribution >= 4 is 34.5 Å². The Hall–Kier alpha value is -3.98. The molecule has 1 aliphatic rings. The fourth-order valence-corrected chi connectivity index (χ4v) is 4.12. The molecule has 0 spiro atoms. The fraction of sp³-hybridized carbons (Fsp3) is 0.250. The average Bonchev–Trinajstić information content (AvgIpc) is 3.31. The third kappa shape index (κ3) is 4.10. The molecule has 33 heavy (non-hydrogen) atoms. The molecule has 1 aliphatic heterocycles. The summed E-state index contributed by atoms with van der Waals surface area (Å²) in [5, 5.41) is 10.2. The van der Waals surface area contributed by atoms with Crippen LogP contribution in [0.5, 0.6) is 0 Å². The highest BCUT2D eigenvalue weighted by Crippen LogP contribution is 2.25. The van der Waals surface area contributed by atoms with E-state index in [-0.39, 0.29) is 36.7 Å². The zero-order valence-corrected chi connectivity index (χ0v) is 18.0. The number of piperazine rings is 1. The van der Waals surface area contributed by atoms with Gasteiger partial charge in [0.15, 0.2) is 0 Å². The van der Waals surface area contributed by atoms with E-state index in [4.69, 9.17) is 4.74 Å². The number of methoxy groups -OCH3 is 1. The lowest BCUT2D eigenvalue weighted by Crippen LogP contribution is -2.59. The number of aromatic nitrogens is 1. The van der Waals surface area contributed by atoms with E-state index in [0.29, 0.717) is 16.5 Å². The van der Waals surface area contributed by atoms with Gasteiger partial charge in [-0.3, -0.25) is 14.4 Å². The topological polar surface area (TPSA) is 120 Å². The number of ketones is 1. The molecule has 9 nitrogen and oxygen atoms in total. The summed E-state index contributed by atoms with van der Waals surface area (Å²) >= 11 is 0. The number of hydrogen-bond acceptors (Lipinski definition) is 6. The number of H-pyrrole nitrogens is 1. The van der Waals surface area contributed by atoms with Crippen LogP contribution in [0.2, 0.25) is 0 Å². The standard InChI is InChI=1S/C24H23N3O6/c1-33-24(32)17-8-5-9-19-20(17)18(12-25-19)21(29)23(31)27-11-10-26(13-16(27)14-28)22(30)15-6-3-2-4-7-15/h2-9,12,16,25,28H,10-11,13-14H2,1H3. The number of rotatable bonds is 5. The quantitative estimate of drug-likeness (QED) is 0.346. The number of aliphatic hydroxyl groups is 1. The van der Waals surface area contributed by atoms with Gasteiger partial charge in [-0.1, -0.05) is 24.3 Å². The third-order valence-corrected chi connectivity index (χ3v) is 5.81. The van der Waals surface area contributed by atoms with Crippen LogP contribution in [0, 0.1) is 0 Å². The van der Waals surface area contributed by atoms with Gasteiger partial charge in [-0.2, -0.15) is 0 Å². The summed E-state index contributed by atoms with van der Waals surface area (Å²) in [6, 6.07) is 12.9. The highest BCUT2D eigenvalue weighted by atomic mass is 16.5. The molecule has 3 aromatic rings. The van der Waals surface area contributed by atoms with E-state index in [9.17, 15) is 24.3 Å². The zero-order chi connectivity index (χ0) is 23.5. The number of hydrogen-bond donors (Lipinski definition) is 2. The SMILES string of the molecule is COC(=O)c1cccc2[nH]cc(C(=O)C(=O)N3CCN(C(=O)c4ccccc4)CC3CO)c12. The summed E-state index contributed by atoms with van der Waals surface area (Å²) < 4.78 is 4.80. The minimum absolute atomic E-state index is 0.0514. The average molecular weight is 449 g/mol. The second-order valence-corrected chi connectivity index (χ2v) is 7.70. The van der Waals surface area contributed by atoms with Crippen LogP contribution in [-0.4, -0.2) is 82.9 Å². The van der Waals surface area contributed by atoms with E-state index in [1.165, 1.54) is 24.3 Å². The first-order valence-electron chi connectivity index (χ1n) is 10.4. The zero-order valence-electron chi connectivity index (χ0n) is 18.0. The molecule has 0 saturated carbocycles. The van der Waals surface area contributed by atoms with Crippen molar-refractivity contribution in [2.75, 3.05) is 33.4 Å². The van der Waals surface area contributed by atoms with Crippen molar-refractivity contribution in [3.63, 3.8) is 0 Å². The Kier molecular flexibility index (Phi) is 6.23. The number of amides is 2. The number of aliphatic hydroxyl groups excluding tert-OH is 1. The van der Waals surface area contributed by atoms with Crippen molar-refractivity contribution in [1.29, 1.82) is 0 Å². The smallest absolute Gasteiger partial charge is 0.338 e. The van der Waals surface area contributed by atoms with Crippen LogP contribution in [0.25, 0.3) is 10.9 Å². The van der Waals surface area contributed by atoms with E-state index >= 15 is 0 Å². The molecule has 2 amide bonds. The summed E-state index contributed by atoms with van der Waals surface area (Å²) in [4.78, 5) is 57.0. The number of Topliss-reactive ketones (excluding diaryl/α,β-unsaturated/α-hetero) is 1. The number of fused-ring (bicyclic) bond motifs is 1. The molecule has 1 atom stereocenters. The van der Waals surface area contributed by atoms with Crippen molar-refractivity contribution < 1.29 is 29.0 Å². The first-order chi connectivity index (χ1) is 16.0. The number of carbonyl (C=O) groups excluding carboxylic acids is 4. The monoisotopic (exact) mass is 449 g/mol. The van der Waals surface area contributed by atoms with Crippen LogP contribution < -0.4 is 0 Å². The maximum absolute atomic E-state index is 13.2. The molecule has 1 unspecified atom stereocenters. The van der Waals surface area contributed by atoms with Crippen LogP contribution in [0.15, 0.2) is 54.7 Å². The molecule has 1 fully saturated rings. The first kappa shape index (κ1) is 22.2. The van der Waals surface area contributed by atoms with Gasteiger partial charge in [0.25, 0.3) is 17.6 Å². The number of ether oxygens (including phenoxy) is 1. The maximum Gasteiger partial charge on any atom is 0.338 e. The molecule has 1 aromatic heterocycles. The second kappa shape index (κ2) is 9.25. The lowest BCUT2D eigenvalue weighted by Gasteiger charge is -2.40. The number of carbonyl (C=O) groups is 4. The molecule has 2 aromatic carbocycles. The van der Waals surface area contributed by atoms with Gasteiger partial charge in [0.05, 0.1) is 30.9 Å². The van der Waals surface area contributed by atoms with Crippen LogP contribution in [0.4, 0.5) is 0 Å². The molecule has 0 aliphatic carbocycles. The van der Waals surface area contributed by atoms with Gasteiger partial charge in [-0.25, -0.2) is 4.79 Å². The molecule has 1 saturated heterocycles. The Bertz CT molecular complexity index is 1220. The largest absolute Gasteiger partial charge is 0.465 e. The Morgan fingerprint density at radius 3 is 2.48 bits per heavy atom. The molecule has 4 rings (SSSR count). The van der Waals surface area contributed by atoms with E-state index in [1.807, 2.05) is 6.07 Å². The number of benzene rings is 2. The number of nitrogens with one attached hydrogen (secondary N) is 1. The molecule has 9 heteroatoms. The fourth-order valence-electron chi connectivity index (χ4n) is 4.12. The number of nitrogens with zero attached hydrogens (tertiary/aromatic N) is 2. The number of esters is 1. The van der Waals surface area contributed by atoms with Gasteiger partial charge in [-0.15, -0.1) is 0 Å². The summed E-state index contributed by atoms with van der Waals surface area (Å²) in [5.74, 6) is -2.44. The van der Waals surface area contributed by atoms with Crippen molar-refractivity contribution in [3.8, 4) is 0 Å². The Labute approximate surface area is 189 Å². The molecule has 2 N–H and O–H groups in total. The van der Waals surface area contributed by atoms with E-state index in [2.05, 4.69) is 4.98 Å². The molecular weight excluding hydrogens is 426 g/mol. The Morgan fingerprint density at radius 2 is 1.79 bits per heavy atom. The van der Waals surface area contributed by atoms with Crippen molar-refractivity contribution in [1.82, 2.24) is 14.8 Å². The van der Waals surface area contributed by atoms with Crippen LogP contribution in [-0.2, 0) is 9.53 Å². The van der Waals surface area contributed by atoms with Crippen LogP contribution in [0.1, 0.15) is 31.1 Å². The van der Waals surface area contributed by atoms with Crippen LogP contribution in [0.3, 0.4) is 0 Å². The van der Waals surface area contributed by atoms with Gasteiger partial charge >= 0.3 is 5.97 Å². The molecule has 0 radical (unpaired) electrons.